The zero-order chi connectivity index (χ0) is 13.0. The summed E-state index contributed by atoms with van der Waals surface area (Å²) in [6, 6.07) is 8.06. The van der Waals surface area contributed by atoms with Crippen molar-refractivity contribution < 1.29 is 4.74 Å². The molecular formula is C14H19N3O. The number of imidazole rings is 1. The minimum Gasteiger partial charge on any atom is -0.494 e. The Hall–Kier alpha value is -1.81. The molecule has 0 radical (unpaired) electrons. The Morgan fingerprint density at radius 2 is 2.00 bits per heavy atom. The van der Waals surface area contributed by atoms with Crippen LogP contribution in [0.2, 0.25) is 0 Å². The second-order valence-electron chi connectivity index (χ2n) is 4.14. The summed E-state index contributed by atoms with van der Waals surface area (Å²) < 4.78 is 7.49. The van der Waals surface area contributed by atoms with Crippen LogP contribution in [0.25, 0.3) is 11.3 Å². The Morgan fingerprint density at radius 3 is 2.61 bits per heavy atom. The van der Waals surface area contributed by atoms with Gasteiger partial charge in [0.1, 0.15) is 5.75 Å². The summed E-state index contributed by atoms with van der Waals surface area (Å²) in [4.78, 5) is 4.46. The van der Waals surface area contributed by atoms with Crippen molar-refractivity contribution in [1.29, 1.82) is 0 Å². The molecule has 0 aliphatic rings. The van der Waals surface area contributed by atoms with Gasteiger partial charge in [-0.2, -0.15) is 0 Å². The van der Waals surface area contributed by atoms with E-state index >= 15 is 0 Å². The number of hydrogen-bond donors (Lipinski definition) is 1. The maximum absolute atomic E-state index is 5.44. The maximum atomic E-state index is 5.44. The summed E-state index contributed by atoms with van der Waals surface area (Å²) in [7, 11) is 3.95. The van der Waals surface area contributed by atoms with E-state index in [0.29, 0.717) is 6.61 Å². The number of aromatic nitrogens is 2. The van der Waals surface area contributed by atoms with E-state index in [-0.39, 0.29) is 0 Å². The highest BCUT2D eigenvalue weighted by Crippen LogP contribution is 2.24. The van der Waals surface area contributed by atoms with Gasteiger partial charge in [-0.25, -0.2) is 4.98 Å². The van der Waals surface area contributed by atoms with E-state index in [1.165, 1.54) is 5.69 Å². The lowest BCUT2D eigenvalue weighted by atomic mass is 10.1. The quantitative estimate of drug-likeness (QED) is 0.877. The molecule has 0 unspecified atom stereocenters. The molecule has 2 rings (SSSR count). The number of nitrogens with zero attached hydrogens (tertiary/aromatic N) is 2. The molecule has 96 valence electrons. The normalized spacial score (nSPS) is 10.6. The maximum Gasteiger partial charge on any atom is 0.119 e. The minimum atomic E-state index is 0.688. The molecule has 0 bridgehead atoms. The van der Waals surface area contributed by atoms with Gasteiger partial charge in [0.15, 0.2) is 0 Å². The van der Waals surface area contributed by atoms with Crippen molar-refractivity contribution in [2.75, 3.05) is 13.7 Å². The van der Waals surface area contributed by atoms with Gasteiger partial charge in [-0.1, -0.05) is 0 Å². The third kappa shape index (κ3) is 2.54. The third-order valence-corrected chi connectivity index (χ3v) is 2.84. The molecule has 0 saturated carbocycles. The molecule has 1 aromatic heterocycles. The molecule has 2 aromatic rings. The van der Waals surface area contributed by atoms with E-state index in [9.17, 15) is 0 Å². The van der Waals surface area contributed by atoms with Gasteiger partial charge in [0.05, 0.1) is 24.3 Å². The smallest absolute Gasteiger partial charge is 0.119 e. The average Bonchev–Trinajstić information content (AvgIpc) is 2.73. The molecule has 1 heterocycles. The number of rotatable bonds is 5. The second-order valence-corrected chi connectivity index (χ2v) is 4.14. The van der Waals surface area contributed by atoms with E-state index in [1.54, 1.807) is 0 Å². The zero-order valence-electron chi connectivity index (χ0n) is 11.1. The summed E-state index contributed by atoms with van der Waals surface area (Å²) in [5.41, 5.74) is 3.32. The Bertz CT molecular complexity index is 502. The molecule has 1 N–H and O–H groups in total. The molecule has 1 aromatic carbocycles. The van der Waals surface area contributed by atoms with Gasteiger partial charge in [-0.05, 0) is 38.2 Å². The van der Waals surface area contributed by atoms with Gasteiger partial charge >= 0.3 is 0 Å². The Labute approximate surface area is 108 Å². The lowest BCUT2D eigenvalue weighted by Gasteiger charge is -2.07. The predicted octanol–water partition coefficient (Wildman–Crippen LogP) is 2.21. The van der Waals surface area contributed by atoms with Crippen LogP contribution in [-0.2, 0) is 13.6 Å². The number of benzene rings is 1. The van der Waals surface area contributed by atoms with Gasteiger partial charge in [0, 0.05) is 19.2 Å². The van der Waals surface area contributed by atoms with Crippen LogP contribution in [0.5, 0.6) is 5.75 Å². The second kappa shape index (κ2) is 5.69. The van der Waals surface area contributed by atoms with Crippen molar-refractivity contribution in [2.24, 2.45) is 7.05 Å². The van der Waals surface area contributed by atoms with E-state index in [0.717, 1.165) is 23.6 Å². The van der Waals surface area contributed by atoms with Crippen molar-refractivity contribution in [3.63, 3.8) is 0 Å². The van der Waals surface area contributed by atoms with Crippen molar-refractivity contribution in [3.05, 3.63) is 36.3 Å². The summed E-state index contributed by atoms with van der Waals surface area (Å²) in [6.07, 6.45) is 1.85. The van der Waals surface area contributed by atoms with Crippen LogP contribution in [0.4, 0.5) is 0 Å². The largest absolute Gasteiger partial charge is 0.494 e. The van der Waals surface area contributed by atoms with Crippen molar-refractivity contribution in [1.82, 2.24) is 14.9 Å². The number of aryl methyl sites for hydroxylation is 1. The van der Waals surface area contributed by atoms with Crippen LogP contribution in [0, 0.1) is 0 Å². The number of ether oxygens (including phenoxy) is 1. The highest BCUT2D eigenvalue weighted by atomic mass is 16.5. The van der Waals surface area contributed by atoms with E-state index < -0.39 is 0 Å². The third-order valence-electron chi connectivity index (χ3n) is 2.84. The molecular weight excluding hydrogens is 226 g/mol. The van der Waals surface area contributed by atoms with Gasteiger partial charge in [-0.3, -0.25) is 0 Å². The van der Waals surface area contributed by atoms with Gasteiger partial charge in [0.2, 0.25) is 0 Å². The zero-order valence-corrected chi connectivity index (χ0v) is 11.1. The Morgan fingerprint density at radius 1 is 1.28 bits per heavy atom. The molecule has 0 fully saturated rings. The average molecular weight is 245 g/mol. The van der Waals surface area contributed by atoms with Gasteiger partial charge in [0.25, 0.3) is 0 Å². The fraction of sp³-hybridized carbons (Fsp3) is 0.357. The molecule has 4 nitrogen and oxygen atoms in total. The summed E-state index contributed by atoms with van der Waals surface area (Å²) in [5, 5.41) is 3.17. The first-order valence-electron chi connectivity index (χ1n) is 6.14. The topological polar surface area (TPSA) is 39.1 Å². The molecule has 0 spiro atoms. The van der Waals surface area contributed by atoms with Crippen molar-refractivity contribution in [3.8, 4) is 17.0 Å². The van der Waals surface area contributed by atoms with E-state index in [2.05, 4.69) is 10.3 Å². The molecule has 0 saturated heterocycles. The van der Waals surface area contributed by atoms with E-state index in [1.807, 2.05) is 56.2 Å². The minimum absolute atomic E-state index is 0.688. The fourth-order valence-electron chi connectivity index (χ4n) is 1.95. The van der Waals surface area contributed by atoms with Crippen LogP contribution in [0.1, 0.15) is 12.6 Å². The van der Waals surface area contributed by atoms with Crippen LogP contribution in [-0.4, -0.2) is 23.2 Å². The van der Waals surface area contributed by atoms with Gasteiger partial charge < -0.3 is 14.6 Å². The number of nitrogens with one attached hydrogen (secondary N) is 1. The van der Waals surface area contributed by atoms with Crippen molar-refractivity contribution >= 4 is 0 Å². The first-order valence-corrected chi connectivity index (χ1v) is 6.14. The summed E-state index contributed by atoms with van der Waals surface area (Å²) in [5.74, 6) is 0.896. The van der Waals surface area contributed by atoms with Crippen LogP contribution in [0.3, 0.4) is 0 Å². The molecule has 18 heavy (non-hydrogen) atoms. The molecule has 0 amide bonds. The van der Waals surface area contributed by atoms with Crippen molar-refractivity contribution in [2.45, 2.75) is 13.5 Å². The fourth-order valence-corrected chi connectivity index (χ4v) is 1.95. The van der Waals surface area contributed by atoms with Crippen LogP contribution < -0.4 is 10.1 Å². The standard InChI is InChI=1S/C14H19N3O/c1-4-18-12-7-5-11(6-8-12)14-13(9-15-2)17(3)10-16-14/h5-8,10,15H,4,9H2,1-3H3. The molecule has 0 aliphatic heterocycles. The molecule has 4 heteroatoms. The predicted molar refractivity (Wildman–Crippen MR) is 72.6 cm³/mol. The van der Waals surface area contributed by atoms with Crippen LogP contribution >= 0.6 is 0 Å². The lowest BCUT2D eigenvalue weighted by molar-refractivity contribution is 0.340. The van der Waals surface area contributed by atoms with Gasteiger partial charge in [-0.15, -0.1) is 0 Å². The van der Waals surface area contributed by atoms with E-state index in [4.69, 9.17) is 4.74 Å². The highest BCUT2D eigenvalue weighted by molar-refractivity contribution is 5.62. The first kappa shape index (κ1) is 12.6. The Balaban J connectivity index is 2.30. The first-order chi connectivity index (χ1) is 8.76. The highest BCUT2D eigenvalue weighted by Gasteiger charge is 2.10. The van der Waals surface area contributed by atoms with Crippen LogP contribution in [0.15, 0.2) is 30.6 Å². The lowest BCUT2D eigenvalue weighted by Crippen LogP contribution is -2.09. The number of hydrogen-bond acceptors (Lipinski definition) is 3. The summed E-state index contributed by atoms with van der Waals surface area (Å²) >= 11 is 0. The molecule has 0 atom stereocenters. The molecule has 0 aliphatic carbocycles. The monoisotopic (exact) mass is 245 g/mol. The SMILES string of the molecule is CCOc1ccc(-c2ncn(C)c2CNC)cc1. The Kier molecular flexibility index (Phi) is 3.99. The summed E-state index contributed by atoms with van der Waals surface area (Å²) in [6.45, 7) is 3.48.